The Labute approximate surface area is 110 Å². The summed E-state index contributed by atoms with van der Waals surface area (Å²) in [6, 6.07) is 7.43. The topological polar surface area (TPSA) is 48.4 Å². The van der Waals surface area contributed by atoms with Gasteiger partial charge in [0.05, 0.1) is 24.7 Å². The number of nitrogens with zero attached hydrogens (tertiary/aromatic N) is 1. The van der Waals surface area contributed by atoms with Gasteiger partial charge in [0.2, 0.25) is 0 Å². The van der Waals surface area contributed by atoms with Crippen molar-refractivity contribution >= 4 is 28.7 Å². The number of ether oxygens (including phenoxy) is 1. The molecule has 5 heteroatoms. The predicted molar refractivity (Wildman–Crippen MR) is 68.7 cm³/mol. The molecule has 94 valence electrons. The molecule has 0 aliphatic rings. The van der Waals surface area contributed by atoms with E-state index in [0.717, 1.165) is 16.5 Å². The van der Waals surface area contributed by atoms with E-state index in [1.165, 1.54) is 0 Å². The van der Waals surface area contributed by atoms with E-state index in [-0.39, 0.29) is 0 Å². The number of rotatable bonds is 3. The Bertz CT molecular complexity index is 585. The number of halogens is 1. The van der Waals surface area contributed by atoms with Gasteiger partial charge >= 0.3 is 5.97 Å². The summed E-state index contributed by atoms with van der Waals surface area (Å²) in [7, 11) is 1.58. The second-order valence-corrected chi connectivity index (χ2v) is 4.10. The van der Waals surface area contributed by atoms with Crippen molar-refractivity contribution in [3.63, 3.8) is 0 Å². The van der Waals surface area contributed by atoms with Crippen LogP contribution < -0.4 is 4.74 Å². The van der Waals surface area contributed by atoms with E-state index in [9.17, 15) is 4.79 Å². The summed E-state index contributed by atoms with van der Waals surface area (Å²) in [4.78, 5) is 15.6. The van der Waals surface area contributed by atoms with Gasteiger partial charge in [-0.05, 0) is 30.7 Å². The molecule has 0 saturated carbocycles. The molecule has 0 aliphatic heterocycles. The molecule has 2 aromatic rings. The summed E-state index contributed by atoms with van der Waals surface area (Å²) in [6.07, 6.45) is 1.65. The molecular formula is C13H12ClNO3. The highest BCUT2D eigenvalue weighted by Gasteiger charge is 2.17. The van der Waals surface area contributed by atoms with Crippen molar-refractivity contribution in [2.75, 3.05) is 7.11 Å². The Balaban J connectivity index is 2.45. The van der Waals surface area contributed by atoms with Crippen LogP contribution in [0.1, 0.15) is 18.4 Å². The number of benzene rings is 1. The van der Waals surface area contributed by atoms with Gasteiger partial charge < -0.3 is 9.03 Å². The highest BCUT2D eigenvalue weighted by molar-refractivity contribution is 6.13. The minimum Gasteiger partial charge on any atom is -0.495 e. The van der Waals surface area contributed by atoms with Crippen molar-refractivity contribution in [3.8, 4) is 5.75 Å². The van der Waals surface area contributed by atoms with Crippen molar-refractivity contribution in [2.24, 2.45) is 0 Å². The Morgan fingerprint density at radius 1 is 1.39 bits per heavy atom. The molecule has 0 amide bonds. The molecule has 1 atom stereocenters. The monoisotopic (exact) mass is 265 g/mol. The Kier molecular flexibility index (Phi) is 3.67. The summed E-state index contributed by atoms with van der Waals surface area (Å²) in [5.41, 5.74) is 1.66. The van der Waals surface area contributed by atoms with Crippen LogP contribution in [-0.2, 0) is 9.08 Å². The molecule has 0 spiro atoms. The van der Waals surface area contributed by atoms with Gasteiger partial charge in [-0.2, -0.15) is 0 Å². The summed E-state index contributed by atoms with van der Waals surface area (Å²) in [5, 5.41) is 0.904. The zero-order valence-corrected chi connectivity index (χ0v) is 10.8. The number of pyridine rings is 1. The molecule has 1 aromatic heterocycles. The zero-order chi connectivity index (χ0) is 13.1. The zero-order valence-electron chi connectivity index (χ0n) is 10.0. The molecular weight excluding hydrogens is 254 g/mol. The molecule has 0 aliphatic carbocycles. The lowest BCUT2D eigenvalue weighted by Crippen LogP contribution is -2.08. The van der Waals surface area contributed by atoms with E-state index < -0.39 is 11.9 Å². The second kappa shape index (κ2) is 5.23. The van der Waals surface area contributed by atoms with Gasteiger partial charge in [0.25, 0.3) is 0 Å². The molecule has 2 rings (SSSR count). The van der Waals surface area contributed by atoms with Crippen molar-refractivity contribution < 1.29 is 13.8 Å². The van der Waals surface area contributed by atoms with Crippen LogP contribution >= 0.6 is 11.9 Å². The molecule has 1 aromatic carbocycles. The molecule has 0 N–H and O–H groups in total. The molecule has 0 saturated heterocycles. The second-order valence-electron chi connectivity index (χ2n) is 3.95. The number of carbonyl (C=O) groups excluding carboxylic acids is 1. The third kappa shape index (κ3) is 2.38. The van der Waals surface area contributed by atoms with Crippen molar-refractivity contribution in [1.29, 1.82) is 0 Å². The van der Waals surface area contributed by atoms with Gasteiger partial charge in [-0.3, -0.25) is 4.98 Å². The third-order valence-electron chi connectivity index (χ3n) is 2.85. The summed E-state index contributed by atoms with van der Waals surface area (Å²) < 4.78 is 9.33. The Morgan fingerprint density at radius 2 is 2.17 bits per heavy atom. The van der Waals surface area contributed by atoms with Crippen molar-refractivity contribution in [2.45, 2.75) is 12.8 Å². The molecule has 0 bridgehead atoms. The quantitative estimate of drug-likeness (QED) is 0.856. The standard InChI is InChI=1S/C13H12ClNO3/c1-8(13(16)18-14)9-3-4-12-10(5-9)6-11(17-2)7-15-12/h3-8H,1-2H3. The van der Waals surface area contributed by atoms with Crippen LogP contribution in [0.25, 0.3) is 10.9 Å². The van der Waals surface area contributed by atoms with Crippen LogP contribution in [-0.4, -0.2) is 18.1 Å². The third-order valence-corrected chi connectivity index (χ3v) is 3.00. The van der Waals surface area contributed by atoms with Gasteiger partial charge in [-0.25, -0.2) is 4.79 Å². The summed E-state index contributed by atoms with van der Waals surface area (Å²) in [5.74, 6) is -0.225. The fourth-order valence-corrected chi connectivity index (χ4v) is 1.85. The Morgan fingerprint density at radius 3 is 2.83 bits per heavy atom. The minimum absolute atomic E-state index is 0.418. The average molecular weight is 266 g/mol. The van der Waals surface area contributed by atoms with Crippen LogP contribution in [0.3, 0.4) is 0 Å². The van der Waals surface area contributed by atoms with E-state index in [1.807, 2.05) is 24.3 Å². The molecule has 1 heterocycles. The molecule has 4 nitrogen and oxygen atoms in total. The van der Waals surface area contributed by atoms with E-state index in [0.29, 0.717) is 5.75 Å². The highest BCUT2D eigenvalue weighted by Crippen LogP contribution is 2.24. The largest absolute Gasteiger partial charge is 0.495 e. The number of methoxy groups -OCH3 is 1. The van der Waals surface area contributed by atoms with Gasteiger partial charge in [0, 0.05) is 5.39 Å². The van der Waals surface area contributed by atoms with Crippen LogP contribution in [0.5, 0.6) is 5.75 Å². The number of carbonyl (C=O) groups is 1. The summed E-state index contributed by atoms with van der Waals surface area (Å²) in [6.45, 7) is 1.74. The van der Waals surface area contributed by atoms with Crippen LogP contribution in [0, 0.1) is 0 Å². The van der Waals surface area contributed by atoms with Gasteiger partial charge in [-0.15, -0.1) is 0 Å². The van der Waals surface area contributed by atoms with Crippen LogP contribution in [0.2, 0.25) is 0 Å². The maximum atomic E-state index is 11.4. The lowest BCUT2D eigenvalue weighted by molar-refractivity contribution is -0.135. The van der Waals surface area contributed by atoms with E-state index in [1.54, 1.807) is 20.2 Å². The average Bonchev–Trinajstić information content (AvgIpc) is 2.44. The van der Waals surface area contributed by atoms with Crippen molar-refractivity contribution in [1.82, 2.24) is 4.98 Å². The molecule has 0 radical (unpaired) electrons. The van der Waals surface area contributed by atoms with Crippen LogP contribution in [0.15, 0.2) is 30.5 Å². The predicted octanol–water partition coefficient (Wildman–Crippen LogP) is 3.04. The maximum absolute atomic E-state index is 11.4. The SMILES string of the molecule is COc1cnc2ccc(C(C)C(=O)OCl)cc2c1. The van der Waals surface area contributed by atoms with E-state index in [4.69, 9.17) is 16.6 Å². The van der Waals surface area contributed by atoms with E-state index in [2.05, 4.69) is 9.27 Å². The Hall–Kier alpha value is -1.81. The lowest BCUT2D eigenvalue weighted by atomic mass is 9.99. The van der Waals surface area contributed by atoms with Gasteiger partial charge in [0.15, 0.2) is 0 Å². The highest BCUT2D eigenvalue weighted by atomic mass is 35.5. The first kappa shape index (κ1) is 12.6. The first-order chi connectivity index (χ1) is 8.65. The van der Waals surface area contributed by atoms with E-state index >= 15 is 0 Å². The van der Waals surface area contributed by atoms with Gasteiger partial charge in [0.1, 0.15) is 17.6 Å². The molecule has 1 unspecified atom stereocenters. The smallest absolute Gasteiger partial charge is 0.331 e. The number of aromatic nitrogens is 1. The fourth-order valence-electron chi connectivity index (χ4n) is 1.71. The van der Waals surface area contributed by atoms with Crippen LogP contribution in [0.4, 0.5) is 0 Å². The number of hydrogen-bond acceptors (Lipinski definition) is 4. The molecule has 18 heavy (non-hydrogen) atoms. The molecule has 0 fully saturated rings. The van der Waals surface area contributed by atoms with Crippen molar-refractivity contribution in [3.05, 3.63) is 36.0 Å². The summed E-state index contributed by atoms with van der Waals surface area (Å²) >= 11 is 5.08. The normalized spacial score (nSPS) is 12.2. The minimum atomic E-state index is -0.480. The number of fused-ring (bicyclic) bond motifs is 1. The first-order valence-electron chi connectivity index (χ1n) is 5.42. The fraction of sp³-hybridized carbons (Fsp3) is 0.231. The maximum Gasteiger partial charge on any atom is 0.331 e. The first-order valence-corrected chi connectivity index (χ1v) is 5.72. The number of hydrogen-bond donors (Lipinski definition) is 0. The van der Waals surface area contributed by atoms with Gasteiger partial charge in [-0.1, -0.05) is 6.07 Å². The lowest BCUT2D eigenvalue weighted by Gasteiger charge is -2.09.